The molecule has 1 amide bonds. The van der Waals surface area contributed by atoms with Gasteiger partial charge in [0.15, 0.2) is 0 Å². The summed E-state index contributed by atoms with van der Waals surface area (Å²) in [5.74, 6) is 1.44. The van der Waals surface area contributed by atoms with Crippen LogP contribution in [0, 0.1) is 11.3 Å². The van der Waals surface area contributed by atoms with Crippen molar-refractivity contribution in [3.05, 3.63) is 53.6 Å². The van der Waals surface area contributed by atoms with Crippen LogP contribution in [0.5, 0.6) is 5.75 Å². The highest BCUT2D eigenvalue weighted by Gasteiger charge is 2.53. The molecule has 1 spiro atoms. The third kappa shape index (κ3) is 4.01. The van der Waals surface area contributed by atoms with Gasteiger partial charge in [-0.05, 0) is 104 Å². The number of hydrogen-bond acceptors (Lipinski definition) is 4. The van der Waals surface area contributed by atoms with Crippen molar-refractivity contribution in [3.63, 3.8) is 0 Å². The standard InChI is InChI=1S/C28H34N2O3/c1-2-32-23-6-3-19(4-7-23)21-5-8-24-22(17-21)9-12-28(13-14-28)26(24)29-27(31)33-25-18-30-15-10-20(25)11-16-30/h3-8,17,20,25-26H,2,9-16,18H2,1H3,(H,29,31)/t25-,26?/m0/s1. The van der Waals surface area contributed by atoms with Gasteiger partial charge in [-0.2, -0.15) is 0 Å². The van der Waals surface area contributed by atoms with E-state index in [1.807, 2.05) is 19.1 Å². The van der Waals surface area contributed by atoms with E-state index in [2.05, 4.69) is 40.5 Å². The van der Waals surface area contributed by atoms with Crippen LogP contribution in [-0.4, -0.2) is 43.3 Å². The molecule has 7 rings (SSSR count). The summed E-state index contributed by atoms with van der Waals surface area (Å²) < 4.78 is 11.6. The number of amides is 1. The molecule has 1 unspecified atom stereocenters. The Kier molecular flexibility index (Phi) is 5.33. The Labute approximate surface area is 196 Å². The number of carbonyl (C=O) groups excluding carboxylic acids is 1. The van der Waals surface area contributed by atoms with Crippen LogP contribution < -0.4 is 10.1 Å². The van der Waals surface area contributed by atoms with Gasteiger partial charge in [0, 0.05) is 6.54 Å². The van der Waals surface area contributed by atoms with Crippen LogP contribution in [-0.2, 0) is 11.2 Å². The quantitative estimate of drug-likeness (QED) is 0.674. The second-order valence-corrected chi connectivity index (χ2v) is 10.4. The largest absolute Gasteiger partial charge is 0.494 e. The molecular formula is C28H34N2O3. The molecule has 2 atom stereocenters. The summed E-state index contributed by atoms with van der Waals surface area (Å²) in [6.45, 7) is 5.89. The van der Waals surface area contributed by atoms with Gasteiger partial charge in [-0.25, -0.2) is 4.79 Å². The number of fused-ring (bicyclic) bond motifs is 4. The smallest absolute Gasteiger partial charge is 0.407 e. The summed E-state index contributed by atoms with van der Waals surface area (Å²) in [7, 11) is 0. The minimum atomic E-state index is -0.228. The first-order chi connectivity index (χ1) is 16.1. The van der Waals surface area contributed by atoms with Crippen molar-refractivity contribution in [2.75, 3.05) is 26.2 Å². The normalized spacial score (nSPS) is 28.8. The van der Waals surface area contributed by atoms with Crippen LogP contribution in [0.3, 0.4) is 0 Å². The predicted octanol–water partition coefficient (Wildman–Crippen LogP) is 5.34. The van der Waals surface area contributed by atoms with Gasteiger partial charge < -0.3 is 14.8 Å². The summed E-state index contributed by atoms with van der Waals surface area (Å²) in [6.07, 6.45) is 6.73. The third-order valence-electron chi connectivity index (χ3n) is 8.47. The first-order valence-electron chi connectivity index (χ1n) is 12.7. The highest BCUT2D eigenvalue weighted by Crippen LogP contribution is 2.61. The SMILES string of the molecule is CCOc1ccc(-c2ccc3c(c2)CCC2(CC2)C3NC(=O)O[C@H]2CN3CCC2CC3)cc1. The third-order valence-corrected chi connectivity index (χ3v) is 8.47. The van der Waals surface area contributed by atoms with E-state index >= 15 is 0 Å². The molecule has 3 aliphatic heterocycles. The van der Waals surface area contributed by atoms with Gasteiger partial charge in [-0.3, -0.25) is 4.90 Å². The number of aryl methyl sites for hydroxylation is 1. The number of ether oxygens (including phenoxy) is 2. The molecule has 174 valence electrons. The molecule has 0 aromatic heterocycles. The van der Waals surface area contributed by atoms with Crippen LogP contribution in [0.1, 0.15) is 56.2 Å². The van der Waals surface area contributed by atoms with Gasteiger partial charge in [0.2, 0.25) is 0 Å². The fourth-order valence-corrected chi connectivity index (χ4v) is 6.32. The fourth-order valence-electron chi connectivity index (χ4n) is 6.32. The van der Waals surface area contributed by atoms with E-state index < -0.39 is 0 Å². The zero-order chi connectivity index (χ0) is 22.4. The van der Waals surface area contributed by atoms with Crippen LogP contribution in [0.4, 0.5) is 4.79 Å². The Morgan fingerprint density at radius 3 is 2.48 bits per heavy atom. The van der Waals surface area contributed by atoms with Gasteiger partial charge >= 0.3 is 6.09 Å². The van der Waals surface area contributed by atoms with Crippen molar-refractivity contribution in [1.29, 1.82) is 0 Å². The highest BCUT2D eigenvalue weighted by molar-refractivity contribution is 5.70. The average molecular weight is 447 g/mol. The van der Waals surface area contributed by atoms with Crippen molar-refractivity contribution < 1.29 is 14.3 Å². The molecule has 0 radical (unpaired) electrons. The molecule has 2 aliphatic carbocycles. The number of hydrogen-bond donors (Lipinski definition) is 1. The molecule has 33 heavy (non-hydrogen) atoms. The van der Waals surface area contributed by atoms with Gasteiger partial charge in [0.25, 0.3) is 0 Å². The number of nitrogens with zero attached hydrogens (tertiary/aromatic N) is 1. The van der Waals surface area contributed by atoms with E-state index in [-0.39, 0.29) is 23.7 Å². The number of rotatable bonds is 5. The molecule has 5 nitrogen and oxygen atoms in total. The molecule has 3 saturated heterocycles. The zero-order valence-corrected chi connectivity index (χ0v) is 19.5. The Bertz CT molecular complexity index is 1020. The molecular weight excluding hydrogens is 412 g/mol. The van der Waals surface area contributed by atoms with Crippen LogP contribution in [0.25, 0.3) is 11.1 Å². The minimum absolute atomic E-state index is 0.0488. The lowest BCUT2D eigenvalue weighted by atomic mass is 9.76. The van der Waals surface area contributed by atoms with E-state index in [1.165, 1.54) is 35.1 Å². The number of piperidine rings is 3. The Balaban J connectivity index is 1.20. The molecule has 3 heterocycles. The molecule has 1 saturated carbocycles. The van der Waals surface area contributed by atoms with E-state index in [4.69, 9.17) is 9.47 Å². The second-order valence-electron chi connectivity index (χ2n) is 10.4. The lowest BCUT2D eigenvalue weighted by Gasteiger charge is -2.44. The van der Waals surface area contributed by atoms with Crippen LogP contribution in [0.2, 0.25) is 0 Å². The summed E-state index contributed by atoms with van der Waals surface area (Å²) in [5, 5.41) is 3.32. The predicted molar refractivity (Wildman–Crippen MR) is 128 cm³/mol. The number of nitrogens with one attached hydrogen (secondary N) is 1. The van der Waals surface area contributed by atoms with Crippen molar-refractivity contribution in [2.24, 2.45) is 11.3 Å². The summed E-state index contributed by atoms with van der Waals surface area (Å²) in [6, 6.07) is 15.1. The van der Waals surface area contributed by atoms with Gasteiger partial charge in [-0.15, -0.1) is 0 Å². The molecule has 5 aliphatic rings. The average Bonchev–Trinajstić information content (AvgIpc) is 3.63. The summed E-state index contributed by atoms with van der Waals surface area (Å²) >= 11 is 0. The lowest BCUT2D eigenvalue weighted by Crippen LogP contribution is -2.53. The number of benzene rings is 2. The van der Waals surface area contributed by atoms with E-state index in [9.17, 15) is 4.79 Å². The van der Waals surface area contributed by atoms with E-state index in [0.717, 1.165) is 51.1 Å². The van der Waals surface area contributed by atoms with Gasteiger partial charge in [0.1, 0.15) is 11.9 Å². The summed E-state index contributed by atoms with van der Waals surface area (Å²) in [5.41, 5.74) is 5.27. The Hall–Kier alpha value is -2.53. The first-order valence-corrected chi connectivity index (χ1v) is 12.7. The molecule has 2 bridgehead atoms. The van der Waals surface area contributed by atoms with Crippen molar-refractivity contribution in [1.82, 2.24) is 10.2 Å². The summed E-state index contributed by atoms with van der Waals surface area (Å²) in [4.78, 5) is 15.4. The first kappa shape index (κ1) is 21.0. The second kappa shape index (κ2) is 8.35. The monoisotopic (exact) mass is 446 g/mol. The maximum absolute atomic E-state index is 13.0. The molecule has 4 fully saturated rings. The maximum Gasteiger partial charge on any atom is 0.407 e. The Morgan fingerprint density at radius 1 is 1.06 bits per heavy atom. The number of alkyl carbamates (subject to hydrolysis) is 1. The fraction of sp³-hybridized carbons (Fsp3) is 0.536. The van der Waals surface area contributed by atoms with Crippen LogP contribution >= 0.6 is 0 Å². The van der Waals surface area contributed by atoms with Crippen molar-refractivity contribution >= 4 is 6.09 Å². The van der Waals surface area contributed by atoms with Crippen LogP contribution in [0.15, 0.2) is 42.5 Å². The Morgan fingerprint density at radius 2 is 1.82 bits per heavy atom. The zero-order valence-electron chi connectivity index (χ0n) is 19.5. The molecule has 2 aromatic rings. The lowest BCUT2D eigenvalue weighted by molar-refractivity contribution is -0.0347. The maximum atomic E-state index is 13.0. The molecule has 5 heteroatoms. The molecule has 2 aromatic carbocycles. The van der Waals surface area contributed by atoms with Gasteiger partial charge in [0.05, 0.1) is 12.6 Å². The van der Waals surface area contributed by atoms with Gasteiger partial charge in [-0.1, -0.05) is 30.3 Å². The van der Waals surface area contributed by atoms with E-state index in [0.29, 0.717) is 12.5 Å². The topological polar surface area (TPSA) is 50.8 Å². The highest BCUT2D eigenvalue weighted by atomic mass is 16.6. The van der Waals surface area contributed by atoms with Crippen molar-refractivity contribution in [3.8, 4) is 16.9 Å². The number of carbonyl (C=O) groups is 1. The van der Waals surface area contributed by atoms with E-state index in [1.54, 1.807) is 0 Å². The van der Waals surface area contributed by atoms with Crippen molar-refractivity contribution in [2.45, 2.75) is 57.6 Å². The molecule has 1 N–H and O–H groups in total. The minimum Gasteiger partial charge on any atom is -0.494 e.